The van der Waals surface area contributed by atoms with Crippen LogP contribution in [0.25, 0.3) is 0 Å². The number of aliphatic hydroxyl groups is 2. The van der Waals surface area contributed by atoms with E-state index in [1.165, 1.54) is 6.92 Å². The molecule has 1 aliphatic heterocycles. The van der Waals surface area contributed by atoms with Crippen LogP contribution in [0.1, 0.15) is 20.8 Å². The molecule has 0 aliphatic carbocycles. The van der Waals surface area contributed by atoms with E-state index >= 15 is 0 Å². The lowest BCUT2D eigenvalue weighted by molar-refractivity contribution is -0.265. The zero-order valence-corrected chi connectivity index (χ0v) is 11.9. The molecule has 3 N–H and O–H groups in total. The molecule has 1 saturated heterocycles. The molecule has 0 bridgehead atoms. The highest BCUT2D eigenvalue weighted by Gasteiger charge is 2.49. The Morgan fingerprint density at radius 3 is 2.14 bits per heavy atom. The number of hydrogen-bond acceptors (Lipinski definition) is 8. The van der Waals surface area contributed by atoms with Gasteiger partial charge in [0.15, 0.2) is 6.10 Å². The predicted molar refractivity (Wildman–Crippen MR) is 66.7 cm³/mol. The van der Waals surface area contributed by atoms with Crippen molar-refractivity contribution in [2.24, 2.45) is 0 Å². The van der Waals surface area contributed by atoms with E-state index in [2.05, 4.69) is 5.32 Å². The zero-order valence-electron chi connectivity index (χ0n) is 11.9. The fourth-order valence-corrected chi connectivity index (χ4v) is 2.05. The van der Waals surface area contributed by atoms with Crippen molar-refractivity contribution in [1.29, 1.82) is 0 Å². The Hall–Kier alpha value is -1.71. The molecule has 0 aromatic rings. The fourth-order valence-electron chi connectivity index (χ4n) is 2.05. The Bertz CT molecular complexity index is 412. The van der Waals surface area contributed by atoms with Gasteiger partial charge in [-0.05, 0) is 0 Å². The van der Waals surface area contributed by atoms with Crippen molar-refractivity contribution >= 4 is 17.8 Å². The zero-order chi connectivity index (χ0) is 16.2. The summed E-state index contributed by atoms with van der Waals surface area (Å²) in [4.78, 5) is 33.5. The average molecular weight is 305 g/mol. The second kappa shape index (κ2) is 7.34. The minimum absolute atomic E-state index is 0.493. The standard InChI is InChI=1S/C12H19NO8/c1-5(15)13-9-11(19-6(2)16)10(18)8(4-14)21-12(9)20-7(3)17/h8-12,14,18H,4H2,1-3H3,(H,13,15)/t8-,9-,10+,11-,12?/m1/s1. The third kappa shape index (κ3) is 4.66. The molecule has 1 heterocycles. The van der Waals surface area contributed by atoms with E-state index in [4.69, 9.17) is 14.2 Å². The van der Waals surface area contributed by atoms with Gasteiger partial charge in [0.2, 0.25) is 12.2 Å². The Morgan fingerprint density at radius 2 is 1.71 bits per heavy atom. The number of esters is 2. The second-order valence-electron chi connectivity index (χ2n) is 4.63. The molecule has 1 unspecified atom stereocenters. The van der Waals surface area contributed by atoms with E-state index in [0.29, 0.717) is 0 Å². The van der Waals surface area contributed by atoms with E-state index in [1.54, 1.807) is 0 Å². The van der Waals surface area contributed by atoms with Crippen LogP contribution >= 0.6 is 0 Å². The Kier molecular flexibility index (Phi) is 6.06. The van der Waals surface area contributed by atoms with Gasteiger partial charge in [-0.25, -0.2) is 0 Å². The van der Waals surface area contributed by atoms with Crippen LogP contribution in [0.5, 0.6) is 0 Å². The van der Waals surface area contributed by atoms with Gasteiger partial charge >= 0.3 is 11.9 Å². The lowest BCUT2D eigenvalue weighted by Crippen LogP contribution is -2.65. The monoisotopic (exact) mass is 305 g/mol. The number of hydrogen-bond donors (Lipinski definition) is 3. The molecule has 9 heteroatoms. The first-order valence-corrected chi connectivity index (χ1v) is 6.32. The SMILES string of the molecule is CC(=O)N[C@H]1C(OC(C)=O)O[C@H](CO)[C@H](O)[C@@H]1OC(C)=O. The second-order valence-corrected chi connectivity index (χ2v) is 4.63. The summed E-state index contributed by atoms with van der Waals surface area (Å²) in [6.45, 7) is 2.89. The molecule has 5 atom stereocenters. The predicted octanol–water partition coefficient (Wildman–Crippen LogP) is -1.94. The lowest BCUT2D eigenvalue weighted by Gasteiger charge is -2.42. The van der Waals surface area contributed by atoms with Crippen LogP contribution in [0.4, 0.5) is 0 Å². The summed E-state index contributed by atoms with van der Waals surface area (Å²) < 4.78 is 15.1. The number of amides is 1. The highest BCUT2D eigenvalue weighted by molar-refractivity contribution is 5.73. The number of carbonyl (C=O) groups excluding carboxylic acids is 3. The molecule has 1 fully saturated rings. The van der Waals surface area contributed by atoms with Crippen molar-refractivity contribution in [2.75, 3.05) is 6.61 Å². The smallest absolute Gasteiger partial charge is 0.305 e. The largest absolute Gasteiger partial charge is 0.457 e. The van der Waals surface area contributed by atoms with Crippen LogP contribution in [0.2, 0.25) is 0 Å². The molecule has 1 rings (SSSR count). The Labute approximate surface area is 121 Å². The van der Waals surface area contributed by atoms with Crippen molar-refractivity contribution < 1.29 is 38.8 Å². The number of nitrogens with one attached hydrogen (secondary N) is 1. The van der Waals surface area contributed by atoms with Crippen LogP contribution in [0.15, 0.2) is 0 Å². The quantitative estimate of drug-likeness (QED) is 0.511. The van der Waals surface area contributed by atoms with Crippen molar-refractivity contribution in [1.82, 2.24) is 5.32 Å². The maximum atomic E-state index is 11.3. The van der Waals surface area contributed by atoms with E-state index in [0.717, 1.165) is 13.8 Å². The van der Waals surface area contributed by atoms with Crippen molar-refractivity contribution in [3.63, 3.8) is 0 Å². The maximum Gasteiger partial charge on any atom is 0.305 e. The van der Waals surface area contributed by atoms with Crippen LogP contribution in [0.3, 0.4) is 0 Å². The third-order valence-corrected chi connectivity index (χ3v) is 2.81. The van der Waals surface area contributed by atoms with Gasteiger partial charge in [0.05, 0.1) is 6.61 Å². The summed E-state index contributed by atoms with van der Waals surface area (Å²) in [6.07, 6.45) is -5.02. The first-order valence-electron chi connectivity index (χ1n) is 6.32. The maximum absolute atomic E-state index is 11.3. The van der Waals surface area contributed by atoms with Gasteiger partial charge in [0.1, 0.15) is 18.2 Å². The molecule has 1 amide bonds. The highest BCUT2D eigenvalue weighted by Crippen LogP contribution is 2.24. The van der Waals surface area contributed by atoms with E-state index in [-0.39, 0.29) is 0 Å². The minimum Gasteiger partial charge on any atom is -0.457 e. The van der Waals surface area contributed by atoms with Gasteiger partial charge in [0, 0.05) is 20.8 Å². The lowest BCUT2D eigenvalue weighted by atomic mass is 9.96. The minimum atomic E-state index is -1.39. The van der Waals surface area contributed by atoms with Gasteiger partial charge in [-0.1, -0.05) is 0 Å². The summed E-state index contributed by atoms with van der Waals surface area (Å²) in [7, 11) is 0. The summed E-state index contributed by atoms with van der Waals surface area (Å²) in [5, 5.41) is 21.6. The fraction of sp³-hybridized carbons (Fsp3) is 0.750. The third-order valence-electron chi connectivity index (χ3n) is 2.81. The van der Waals surface area contributed by atoms with Crippen LogP contribution in [-0.4, -0.2) is 65.3 Å². The van der Waals surface area contributed by atoms with Gasteiger partial charge in [-0.2, -0.15) is 0 Å². The molecule has 120 valence electrons. The van der Waals surface area contributed by atoms with Crippen LogP contribution < -0.4 is 5.32 Å². The number of rotatable bonds is 4. The van der Waals surface area contributed by atoms with Gasteiger partial charge in [-0.3, -0.25) is 14.4 Å². The molecule has 0 spiro atoms. The van der Waals surface area contributed by atoms with E-state index in [1.807, 2.05) is 0 Å². The molecule has 0 aromatic heterocycles. The molecular formula is C12H19NO8. The van der Waals surface area contributed by atoms with Crippen LogP contribution in [0, 0.1) is 0 Å². The van der Waals surface area contributed by atoms with Crippen LogP contribution in [-0.2, 0) is 28.6 Å². The normalized spacial score (nSPS) is 32.1. The van der Waals surface area contributed by atoms with Gasteiger partial charge in [-0.15, -0.1) is 0 Å². The Balaban J connectivity index is 3.05. The highest BCUT2D eigenvalue weighted by atomic mass is 16.7. The topological polar surface area (TPSA) is 131 Å². The Morgan fingerprint density at radius 1 is 1.14 bits per heavy atom. The van der Waals surface area contributed by atoms with Crippen molar-refractivity contribution in [3.8, 4) is 0 Å². The first kappa shape index (κ1) is 17.3. The van der Waals surface area contributed by atoms with E-state index < -0.39 is 55.1 Å². The average Bonchev–Trinajstić information content (AvgIpc) is 2.35. The summed E-state index contributed by atoms with van der Waals surface area (Å²) in [6, 6.07) is -1.09. The van der Waals surface area contributed by atoms with Gasteiger partial charge < -0.3 is 29.7 Å². The summed E-state index contributed by atoms with van der Waals surface area (Å²) in [5.41, 5.74) is 0. The number of aliphatic hydroxyl groups excluding tert-OH is 2. The van der Waals surface area contributed by atoms with Crippen molar-refractivity contribution in [3.05, 3.63) is 0 Å². The molecule has 9 nitrogen and oxygen atoms in total. The number of carbonyl (C=O) groups is 3. The van der Waals surface area contributed by atoms with Gasteiger partial charge in [0.25, 0.3) is 0 Å². The summed E-state index contributed by atoms with van der Waals surface area (Å²) in [5.74, 6) is -1.88. The summed E-state index contributed by atoms with van der Waals surface area (Å²) >= 11 is 0. The molecular weight excluding hydrogens is 286 g/mol. The molecule has 0 radical (unpaired) electrons. The molecule has 0 saturated carbocycles. The van der Waals surface area contributed by atoms with Crippen molar-refractivity contribution in [2.45, 2.75) is 51.4 Å². The van der Waals surface area contributed by atoms with E-state index in [9.17, 15) is 24.6 Å². The molecule has 21 heavy (non-hydrogen) atoms. The molecule has 0 aromatic carbocycles. The first-order chi connectivity index (χ1) is 9.76. The number of ether oxygens (including phenoxy) is 3. The molecule has 1 aliphatic rings.